The number of nitrogens with zero attached hydrogens (tertiary/aromatic N) is 1. The molecule has 3 heteroatoms. The van der Waals surface area contributed by atoms with Crippen LogP contribution in [0.3, 0.4) is 0 Å². The normalized spacial score (nSPS) is 14.8. The zero-order valence-corrected chi connectivity index (χ0v) is 6.51. The first-order valence-corrected chi connectivity index (χ1v) is 3.68. The second-order valence-corrected chi connectivity index (χ2v) is 2.58. The van der Waals surface area contributed by atoms with Gasteiger partial charge in [-0.1, -0.05) is 23.7 Å². The van der Waals surface area contributed by atoms with Gasteiger partial charge in [-0.25, -0.2) is 4.99 Å². The van der Waals surface area contributed by atoms with Gasteiger partial charge in [-0.2, -0.15) is 0 Å². The average Bonchev–Trinajstić information content (AvgIpc) is 2.06. The van der Waals surface area contributed by atoms with Crippen molar-refractivity contribution in [2.75, 3.05) is 6.73 Å². The van der Waals surface area contributed by atoms with E-state index in [2.05, 4.69) is 4.99 Å². The van der Waals surface area contributed by atoms with Crippen molar-refractivity contribution in [1.82, 2.24) is 0 Å². The smallest absolute Gasteiger partial charge is 0.180 e. The van der Waals surface area contributed by atoms with Gasteiger partial charge in [0, 0.05) is 0 Å². The Hall–Kier alpha value is -1.02. The lowest BCUT2D eigenvalue weighted by Crippen LogP contribution is -2.07. The molecular formula is C8H6ClNO. The van der Waals surface area contributed by atoms with E-state index >= 15 is 0 Å². The van der Waals surface area contributed by atoms with E-state index in [1.54, 1.807) is 0 Å². The number of halogens is 1. The highest BCUT2D eigenvalue weighted by Gasteiger charge is 2.10. The molecule has 56 valence electrons. The van der Waals surface area contributed by atoms with Gasteiger partial charge in [-0.05, 0) is 12.1 Å². The lowest BCUT2D eigenvalue weighted by molar-refractivity contribution is 0.326. The summed E-state index contributed by atoms with van der Waals surface area (Å²) in [6.07, 6.45) is 0. The summed E-state index contributed by atoms with van der Waals surface area (Å²) in [5.74, 6) is 0.813. The molecule has 2 nitrogen and oxygen atoms in total. The molecule has 0 aromatic heterocycles. The first kappa shape index (κ1) is 6.68. The molecule has 1 aliphatic heterocycles. The Morgan fingerprint density at radius 3 is 3.00 bits per heavy atom. The summed E-state index contributed by atoms with van der Waals surface area (Å²) >= 11 is 5.82. The largest absolute Gasteiger partial charge is 0.471 e. The summed E-state index contributed by atoms with van der Waals surface area (Å²) in [5.41, 5.74) is 0.875. The lowest BCUT2D eigenvalue weighted by atomic mass is 10.2. The van der Waals surface area contributed by atoms with Crippen LogP contribution in [-0.2, 0) is 0 Å². The van der Waals surface area contributed by atoms with Gasteiger partial charge in [0.05, 0.1) is 5.56 Å². The standard InChI is InChI=1S/C8H6ClNO/c9-8-6-3-1-2-4-7(6)11-5-10-8/h1-4H,5H2. The van der Waals surface area contributed by atoms with Crippen molar-refractivity contribution in [2.24, 2.45) is 4.99 Å². The van der Waals surface area contributed by atoms with E-state index in [-0.39, 0.29) is 0 Å². The number of ether oxygens (including phenoxy) is 1. The number of hydrogen-bond acceptors (Lipinski definition) is 2. The maximum Gasteiger partial charge on any atom is 0.180 e. The minimum absolute atomic E-state index is 0.329. The molecule has 0 spiro atoms. The SMILES string of the molecule is ClC1=NCOc2ccccc21. The molecule has 0 bridgehead atoms. The lowest BCUT2D eigenvalue weighted by Gasteiger charge is -2.12. The van der Waals surface area contributed by atoms with Crippen molar-refractivity contribution in [3.8, 4) is 5.75 Å². The highest BCUT2D eigenvalue weighted by Crippen LogP contribution is 2.23. The molecule has 0 atom stereocenters. The molecule has 1 heterocycles. The van der Waals surface area contributed by atoms with Crippen molar-refractivity contribution < 1.29 is 4.74 Å². The molecule has 0 unspecified atom stereocenters. The molecule has 1 aliphatic rings. The number of fused-ring (bicyclic) bond motifs is 1. The highest BCUT2D eigenvalue weighted by molar-refractivity contribution is 6.70. The second kappa shape index (κ2) is 2.55. The average molecular weight is 168 g/mol. The fourth-order valence-corrected chi connectivity index (χ4v) is 1.21. The van der Waals surface area contributed by atoms with Crippen LogP contribution in [0.15, 0.2) is 29.3 Å². The van der Waals surface area contributed by atoms with Gasteiger partial charge >= 0.3 is 0 Å². The third-order valence-corrected chi connectivity index (χ3v) is 1.86. The van der Waals surface area contributed by atoms with Crippen LogP contribution in [0.2, 0.25) is 0 Å². The number of benzene rings is 1. The summed E-state index contributed by atoms with van der Waals surface area (Å²) in [7, 11) is 0. The van der Waals surface area contributed by atoms with E-state index in [4.69, 9.17) is 16.3 Å². The van der Waals surface area contributed by atoms with Crippen LogP contribution in [0.1, 0.15) is 5.56 Å². The van der Waals surface area contributed by atoms with Crippen LogP contribution in [-0.4, -0.2) is 11.9 Å². The number of rotatable bonds is 0. The van der Waals surface area contributed by atoms with Crippen LogP contribution >= 0.6 is 11.6 Å². The fraction of sp³-hybridized carbons (Fsp3) is 0.125. The Morgan fingerprint density at radius 2 is 2.18 bits per heavy atom. The Balaban J connectivity index is 2.56. The van der Waals surface area contributed by atoms with Crippen molar-refractivity contribution >= 4 is 16.8 Å². The zero-order chi connectivity index (χ0) is 7.68. The molecular weight excluding hydrogens is 162 g/mol. The van der Waals surface area contributed by atoms with Crippen molar-refractivity contribution in [3.05, 3.63) is 29.8 Å². The zero-order valence-electron chi connectivity index (χ0n) is 5.75. The summed E-state index contributed by atoms with van der Waals surface area (Å²) in [6, 6.07) is 7.59. The molecule has 0 saturated carbocycles. The summed E-state index contributed by atoms with van der Waals surface area (Å²) in [6.45, 7) is 0.329. The van der Waals surface area contributed by atoms with Crippen molar-refractivity contribution in [2.45, 2.75) is 0 Å². The quantitative estimate of drug-likeness (QED) is 0.580. The minimum Gasteiger partial charge on any atom is -0.471 e. The molecule has 0 radical (unpaired) electrons. The number of aliphatic imine (C=N–C) groups is 1. The predicted octanol–water partition coefficient (Wildman–Crippen LogP) is 2.02. The highest BCUT2D eigenvalue weighted by atomic mass is 35.5. The molecule has 1 aromatic carbocycles. The molecule has 0 saturated heterocycles. The number of hydrogen-bond donors (Lipinski definition) is 0. The Bertz CT molecular complexity index is 309. The predicted molar refractivity (Wildman–Crippen MR) is 44.3 cm³/mol. The van der Waals surface area contributed by atoms with Crippen LogP contribution in [0, 0.1) is 0 Å². The van der Waals surface area contributed by atoms with Crippen LogP contribution < -0.4 is 4.74 Å². The Morgan fingerprint density at radius 1 is 1.36 bits per heavy atom. The monoisotopic (exact) mass is 167 g/mol. The first-order valence-electron chi connectivity index (χ1n) is 3.30. The van der Waals surface area contributed by atoms with Gasteiger partial charge in [0.15, 0.2) is 6.73 Å². The van der Waals surface area contributed by atoms with Gasteiger partial charge in [-0.3, -0.25) is 0 Å². The van der Waals surface area contributed by atoms with Crippen LogP contribution in [0.5, 0.6) is 5.75 Å². The minimum atomic E-state index is 0.329. The Kier molecular flexibility index (Phi) is 1.55. The van der Waals surface area contributed by atoms with Gasteiger partial charge in [-0.15, -0.1) is 0 Å². The van der Waals surface area contributed by atoms with Gasteiger partial charge < -0.3 is 4.74 Å². The summed E-state index contributed by atoms with van der Waals surface area (Å²) in [4.78, 5) is 3.93. The van der Waals surface area contributed by atoms with E-state index in [0.29, 0.717) is 11.9 Å². The fourth-order valence-electron chi connectivity index (χ4n) is 1.01. The molecule has 0 N–H and O–H groups in total. The molecule has 11 heavy (non-hydrogen) atoms. The van der Waals surface area contributed by atoms with Gasteiger partial charge in [0.1, 0.15) is 10.9 Å². The summed E-state index contributed by atoms with van der Waals surface area (Å²) < 4.78 is 5.22. The molecule has 0 amide bonds. The van der Waals surface area contributed by atoms with E-state index in [9.17, 15) is 0 Å². The maximum atomic E-state index is 5.82. The van der Waals surface area contributed by atoms with E-state index < -0.39 is 0 Å². The van der Waals surface area contributed by atoms with Gasteiger partial charge in [0.2, 0.25) is 0 Å². The topological polar surface area (TPSA) is 21.6 Å². The van der Waals surface area contributed by atoms with Crippen molar-refractivity contribution in [3.63, 3.8) is 0 Å². The van der Waals surface area contributed by atoms with Gasteiger partial charge in [0.25, 0.3) is 0 Å². The molecule has 0 fully saturated rings. The third-order valence-electron chi connectivity index (χ3n) is 1.53. The third kappa shape index (κ3) is 1.10. The first-order chi connectivity index (χ1) is 5.38. The van der Waals surface area contributed by atoms with Crippen LogP contribution in [0.4, 0.5) is 0 Å². The Labute approximate surface area is 69.5 Å². The van der Waals surface area contributed by atoms with Crippen LogP contribution in [0.25, 0.3) is 0 Å². The maximum absolute atomic E-state index is 5.82. The molecule has 0 aliphatic carbocycles. The second-order valence-electron chi connectivity index (χ2n) is 2.22. The van der Waals surface area contributed by atoms with Crippen molar-refractivity contribution in [1.29, 1.82) is 0 Å². The number of para-hydroxylation sites is 1. The van der Waals surface area contributed by atoms with E-state index in [1.807, 2.05) is 24.3 Å². The van der Waals surface area contributed by atoms with E-state index in [1.165, 1.54) is 0 Å². The molecule has 2 rings (SSSR count). The van der Waals surface area contributed by atoms with E-state index in [0.717, 1.165) is 11.3 Å². The summed E-state index contributed by atoms with van der Waals surface area (Å²) in [5, 5.41) is 0.534. The molecule has 1 aromatic rings.